The van der Waals surface area contributed by atoms with Gasteiger partial charge in [-0.25, -0.2) is 0 Å². The van der Waals surface area contributed by atoms with Crippen molar-refractivity contribution in [2.75, 3.05) is 50.8 Å². The number of piperazine rings is 1. The molecule has 0 aromatic heterocycles. The van der Waals surface area contributed by atoms with Gasteiger partial charge < -0.3 is 14.5 Å². The largest absolute Gasteiger partial charge is 0.492 e. The number of hydrogen-bond donors (Lipinski definition) is 0. The third-order valence-corrected chi connectivity index (χ3v) is 5.95. The van der Waals surface area contributed by atoms with Gasteiger partial charge in [0.05, 0.1) is 12.3 Å². The van der Waals surface area contributed by atoms with Crippen LogP contribution < -0.4 is 9.64 Å². The molecule has 0 aliphatic carbocycles. The van der Waals surface area contributed by atoms with Gasteiger partial charge in [0.25, 0.3) is 0 Å². The van der Waals surface area contributed by atoms with Gasteiger partial charge in [-0.3, -0.25) is 9.69 Å². The van der Waals surface area contributed by atoms with Crippen molar-refractivity contribution in [3.63, 3.8) is 0 Å². The van der Waals surface area contributed by atoms with Crippen LogP contribution in [0.15, 0.2) is 54.6 Å². The molecule has 0 radical (unpaired) electrons. The van der Waals surface area contributed by atoms with E-state index in [0.717, 1.165) is 69.1 Å². The number of nitrogens with zero attached hydrogens (tertiary/aromatic N) is 3. The van der Waals surface area contributed by atoms with Crippen molar-refractivity contribution < 1.29 is 9.53 Å². The first kappa shape index (κ1) is 19.8. The molecule has 0 saturated carbocycles. The second-order valence-electron chi connectivity index (χ2n) is 7.77. The Morgan fingerprint density at radius 3 is 2.24 bits per heavy atom. The second-order valence-corrected chi connectivity index (χ2v) is 7.77. The normalized spacial score (nSPS) is 18.7. The molecule has 0 N–H and O–H groups in total. The van der Waals surface area contributed by atoms with Crippen molar-refractivity contribution in [2.45, 2.75) is 25.8 Å². The highest BCUT2D eigenvalue weighted by Crippen LogP contribution is 2.31. The zero-order valence-corrected chi connectivity index (χ0v) is 17.3. The Bertz CT molecular complexity index is 797. The van der Waals surface area contributed by atoms with Crippen molar-refractivity contribution >= 4 is 11.6 Å². The maximum absolute atomic E-state index is 13.4. The molecule has 5 heteroatoms. The number of carbonyl (C=O) groups excluding carboxylic acids is 1. The standard InChI is InChI=1S/C24H31N3O2/c1-2-29-22-13-7-6-12-21(22)25-16-18-26(19-17-25)23(20-10-4-3-5-11-20)24(28)27-14-8-9-15-27/h3-7,10-13,23H,2,8-9,14-19H2,1H3/t23-/m0/s1. The van der Waals surface area contributed by atoms with E-state index in [1.165, 1.54) is 0 Å². The number of amides is 1. The van der Waals surface area contributed by atoms with E-state index in [-0.39, 0.29) is 11.9 Å². The van der Waals surface area contributed by atoms with Crippen molar-refractivity contribution in [1.82, 2.24) is 9.80 Å². The Labute approximate surface area is 173 Å². The molecule has 2 aromatic rings. The number of anilines is 1. The van der Waals surface area contributed by atoms with E-state index in [9.17, 15) is 4.79 Å². The highest BCUT2D eigenvalue weighted by Gasteiger charge is 2.34. The first-order valence-electron chi connectivity index (χ1n) is 10.8. The van der Waals surface area contributed by atoms with Crippen LogP contribution in [0.4, 0.5) is 5.69 Å². The van der Waals surface area contributed by atoms with E-state index in [1.807, 2.05) is 37.3 Å². The quantitative estimate of drug-likeness (QED) is 0.752. The summed E-state index contributed by atoms with van der Waals surface area (Å²) in [4.78, 5) is 20.2. The van der Waals surface area contributed by atoms with Crippen LogP contribution in [0, 0.1) is 0 Å². The van der Waals surface area contributed by atoms with Crippen molar-refractivity contribution in [1.29, 1.82) is 0 Å². The Morgan fingerprint density at radius 1 is 0.897 bits per heavy atom. The van der Waals surface area contributed by atoms with E-state index in [1.54, 1.807) is 0 Å². The van der Waals surface area contributed by atoms with Gasteiger partial charge in [0.1, 0.15) is 11.8 Å². The van der Waals surface area contributed by atoms with Gasteiger partial charge in [0.2, 0.25) is 5.91 Å². The zero-order chi connectivity index (χ0) is 20.1. The Morgan fingerprint density at radius 2 is 1.55 bits per heavy atom. The van der Waals surface area contributed by atoms with E-state index in [2.05, 4.69) is 39.0 Å². The van der Waals surface area contributed by atoms with Crippen molar-refractivity contribution in [3.05, 3.63) is 60.2 Å². The number of benzene rings is 2. The lowest BCUT2D eigenvalue weighted by Crippen LogP contribution is -2.51. The Kier molecular flexibility index (Phi) is 6.35. The summed E-state index contributed by atoms with van der Waals surface area (Å²) in [6.07, 6.45) is 2.24. The summed E-state index contributed by atoms with van der Waals surface area (Å²) in [6, 6.07) is 18.3. The SMILES string of the molecule is CCOc1ccccc1N1CCN([C@H](C(=O)N2CCCC2)c2ccccc2)CC1. The number of carbonyl (C=O) groups is 1. The van der Waals surface area contributed by atoms with Crippen molar-refractivity contribution in [2.24, 2.45) is 0 Å². The van der Waals surface area contributed by atoms with Gasteiger partial charge in [-0.15, -0.1) is 0 Å². The molecule has 4 rings (SSSR count). The molecule has 5 nitrogen and oxygen atoms in total. The molecular formula is C24H31N3O2. The molecule has 2 aliphatic rings. The first-order valence-corrected chi connectivity index (χ1v) is 10.8. The van der Waals surface area contributed by atoms with Crippen LogP contribution in [0.3, 0.4) is 0 Å². The first-order chi connectivity index (χ1) is 14.3. The Hall–Kier alpha value is -2.53. The van der Waals surface area contributed by atoms with Gasteiger partial charge in [-0.2, -0.15) is 0 Å². The number of likely N-dealkylation sites (tertiary alicyclic amines) is 1. The van der Waals surface area contributed by atoms with E-state index < -0.39 is 0 Å². The van der Waals surface area contributed by atoms with Gasteiger partial charge in [-0.1, -0.05) is 42.5 Å². The minimum atomic E-state index is -0.182. The smallest absolute Gasteiger partial charge is 0.244 e. The minimum absolute atomic E-state index is 0.182. The monoisotopic (exact) mass is 393 g/mol. The Balaban J connectivity index is 1.50. The molecule has 0 bridgehead atoms. The lowest BCUT2D eigenvalue weighted by Gasteiger charge is -2.41. The molecule has 2 heterocycles. The van der Waals surface area contributed by atoms with E-state index in [0.29, 0.717) is 6.61 Å². The average Bonchev–Trinajstić information content (AvgIpc) is 3.31. The number of ether oxygens (including phenoxy) is 1. The van der Waals surface area contributed by atoms with Gasteiger partial charge in [0.15, 0.2) is 0 Å². The predicted octanol–water partition coefficient (Wildman–Crippen LogP) is 3.57. The predicted molar refractivity (Wildman–Crippen MR) is 116 cm³/mol. The molecule has 154 valence electrons. The molecule has 1 atom stereocenters. The molecule has 2 fully saturated rings. The average molecular weight is 394 g/mol. The summed E-state index contributed by atoms with van der Waals surface area (Å²) >= 11 is 0. The highest BCUT2D eigenvalue weighted by atomic mass is 16.5. The van der Waals surface area contributed by atoms with Crippen LogP contribution in [0.2, 0.25) is 0 Å². The molecular weight excluding hydrogens is 362 g/mol. The van der Waals surface area contributed by atoms with Crippen LogP contribution in [0.25, 0.3) is 0 Å². The number of para-hydroxylation sites is 2. The fraction of sp³-hybridized carbons (Fsp3) is 0.458. The van der Waals surface area contributed by atoms with E-state index >= 15 is 0 Å². The maximum Gasteiger partial charge on any atom is 0.244 e. The van der Waals surface area contributed by atoms with Crippen LogP contribution in [-0.4, -0.2) is 61.6 Å². The summed E-state index contributed by atoms with van der Waals surface area (Å²) in [7, 11) is 0. The topological polar surface area (TPSA) is 36.0 Å². The van der Waals surface area contributed by atoms with Crippen LogP contribution in [0.1, 0.15) is 31.4 Å². The van der Waals surface area contributed by atoms with Crippen LogP contribution >= 0.6 is 0 Å². The fourth-order valence-corrected chi connectivity index (χ4v) is 4.47. The highest BCUT2D eigenvalue weighted by molar-refractivity contribution is 5.83. The molecule has 0 spiro atoms. The summed E-state index contributed by atoms with van der Waals surface area (Å²) < 4.78 is 5.82. The number of rotatable bonds is 6. The molecule has 2 aliphatic heterocycles. The lowest BCUT2D eigenvalue weighted by atomic mass is 10.0. The van der Waals surface area contributed by atoms with Crippen LogP contribution in [-0.2, 0) is 4.79 Å². The lowest BCUT2D eigenvalue weighted by molar-refractivity contribution is -0.136. The minimum Gasteiger partial charge on any atom is -0.492 e. The third-order valence-electron chi connectivity index (χ3n) is 5.95. The second kappa shape index (κ2) is 9.31. The molecule has 2 aromatic carbocycles. The molecule has 2 saturated heterocycles. The maximum atomic E-state index is 13.4. The summed E-state index contributed by atoms with van der Waals surface area (Å²) in [5.74, 6) is 1.20. The van der Waals surface area contributed by atoms with Crippen LogP contribution in [0.5, 0.6) is 5.75 Å². The summed E-state index contributed by atoms with van der Waals surface area (Å²) in [5.41, 5.74) is 2.25. The summed E-state index contributed by atoms with van der Waals surface area (Å²) in [5, 5.41) is 0. The third kappa shape index (κ3) is 4.40. The van der Waals surface area contributed by atoms with Crippen molar-refractivity contribution in [3.8, 4) is 5.75 Å². The van der Waals surface area contributed by atoms with E-state index in [4.69, 9.17) is 4.74 Å². The van der Waals surface area contributed by atoms with Gasteiger partial charge >= 0.3 is 0 Å². The fourth-order valence-electron chi connectivity index (χ4n) is 4.47. The molecule has 1 amide bonds. The number of hydrogen-bond acceptors (Lipinski definition) is 4. The van der Waals surface area contributed by atoms with Gasteiger partial charge in [-0.05, 0) is 37.5 Å². The molecule has 0 unspecified atom stereocenters. The molecule has 29 heavy (non-hydrogen) atoms. The summed E-state index contributed by atoms with van der Waals surface area (Å²) in [6.45, 7) is 7.97. The van der Waals surface area contributed by atoms with Gasteiger partial charge in [0, 0.05) is 39.3 Å². The zero-order valence-electron chi connectivity index (χ0n) is 17.3.